The van der Waals surface area contributed by atoms with Gasteiger partial charge in [-0.3, -0.25) is 4.79 Å². The first kappa shape index (κ1) is 10.6. The maximum Gasteiger partial charge on any atom is 0.207 e. The smallest absolute Gasteiger partial charge is 0.207 e. The number of nitrogen functional groups attached to an aromatic ring is 1. The van der Waals surface area contributed by atoms with Crippen molar-refractivity contribution in [3.63, 3.8) is 0 Å². The summed E-state index contributed by atoms with van der Waals surface area (Å²) in [4.78, 5) is 15.6. The minimum atomic E-state index is -0.164. The van der Waals surface area contributed by atoms with Crippen molar-refractivity contribution >= 4 is 28.2 Å². The molecule has 0 amide bonds. The van der Waals surface area contributed by atoms with Gasteiger partial charge in [-0.05, 0) is 11.6 Å². The molecule has 1 aromatic carbocycles. The van der Waals surface area contributed by atoms with E-state index in [1.165, 1.54) is 17.4 Å². The van der Waals surface area contributed by atoms with Crippen molar-refractivity contribution in [2.24, 2.45) is 0 Å². The monoisotopic (exact) mass is 230 g/mol. The van der Waals surface area contributed by atoms with Gasteiger partial charge in [0.1, 0.15) is 10.7 Å². The molecule has 0 aliphatic carbocycles. The van der Waals surface area contributed by atoms with E-state index in [4.69, 9.17) is 5.73 Å². The number of nitrogens with zero attached hydrogens (tertiary/aromatic N) is 1. The zero-order valence-corrected chi connectivity index (χ0v) is 9.28. The predicted octanol–water partition coefficient (Wildman–Crippen LogP) is 2.62. The molecular weight excluding hydrogens is 220 g/mol. The Bertz CT molecular complexity index is 517. The van der Waals surface area contributed by atoms with Crippen molar-refractivity contribution in [2.45, 2.75) is 0 Å². The Morgan fingerprint density at radius 3 is 2.69 bits per heavy atom. The van der Waals surface area contributed by atoms with Gasteiger partial charge in [0.05, 0.1) is 5.51 Å². The van der Waals surface area contributed by atoms with Gasteiger partial charge in [0.25, 0.3) is 0 Å². The van der Waals surface area contributed by atoms with Crippen molar-refractivity contribution in [2.75, 3.05) is 5.73 Å². The van der Waals surface area contributed by atoms with Gasteiger partial charge >= 0.3 is 0 Å². The van der Waals surface area contributed by atoms with Crippen LogP contribution in [0.1, 0.15) is 16.1 Å². The van der Waals surface area contributed by atoms with E-state index in [-0.39, 0.29) is 5.78 Å². The molecule has 80 valence electrons. The fourth-order valence-electron chi connectivity index (χ4n) is 1.26. The summed E-state index contributed by atoms with van der Waals surface area (Å²) >= 11 is 1.27. The number of allylic oxidation sites excluding steroid dienone is 1. The number of carbonyl (C=O) groups excluding carboxylic acids is 1. The summed E-state index contributed by atoms with van der Waals surface area (Å²) in [6, 6.07) is 9.61. The fourth-order valence-corrected chi connectivity index (χ4v) is 1.79. The second-order valence-corrected chi connectivity index (χ2v) is 4.06. The van der Waals surface area contributed by atoms with Crippen molar-refractivity contribution in [1.29, 1.82) is 0 Å². The van der Waals surface area contributed by atoms with E-state index < -0.39 is 0 Å². The van der Waals surface area contributed by atoms with Crippen LogP contribution in [0.2, 0.25) is 0 Å². The summed E-state index contributed by atoms with van der Waals surface area (Å²) in [5.41, 5.74) is 8.49. The number of benzene rings is 1. The number of aromatic nitrogens is 1. The molecular formula is C12H10N2OS. The topological polar surface area (TPSA) is 56.0 Å². The van der Waals surface area contributed by atoms with Crippen LogP contribution in [-0.2, 0) is 0 Å². The Labute approximate surface area is 97.3 Å². The highest BCUT2D eigenvalue weighted by Gasteiger charge is 2.08. The van der Waals surface area contributed by atoms with E-state index in [2.05, 4.69) is 4.98 Å². The van der Waals surface area contributed by atoms with E-state index in [1.54, 1.807) is 11.6 Å². The summed E-state index contributed by atoms with van der Waals surface area (Å²) in [5, 5.41) is 0.461. The summed E-state index contributed by atoms with van der Waals surface area (Å²) in [6.07, 6.45) is 3.24. The van der Waals surface area contributed by atoms with Crippen LogP contribution < -0.4 is 5.73 Å². The maximum absolute atomic E-state index is 11.7. The average Bonchev–Trinajstić information content (AvgIpc) is 2.74. The SMILES string of the molecule is Nc1scnc1C(=O)C=Cc1ccccc1. The third-order valence-electron chi connectivity index (χ3n) is 2.05. The Kier molecular flexibility index (Phi) is 3.12. The summed E-state index contributed by atoms with van der Waals surface area (Å²) in [6.45, 7) is 0. The fraction of sp³-hybridized carbons (Fsp3) is 0. The molecule has 0 atom stereocenters. The quantitative estimate of drug-likeness (QED) is 0.651. The zero-order chi connectivity index (χ0) is 11.4. The summed E-state index contributed by atoms with van der Waals surface area (Å²) in [7, 11) is 0. The molecule has 0 bridgehead atoms. The molecule has 0 aliphatic heterocycles. The third kappa shape index (κ3) is 2.35. The second kappa shape index (κ2) is 4.72. The van der Waals surface area contributed by atoms with E-state index in [9.17, 15) is 4.79 Å². The Morgan fingerprint density at radius 1 is 1.31 bits per heavy atom. The molecule has 16 heavy (non-hydrogen) atoms. The first-order valence-corrected chi connectivity index (χ1v) is 5.62. The number of thiazole rings is 1. The number of hydrogen-bond acceptors (Lipinski definition) is 4. The van der Waals surface area contributed by atoms with E-state index in [0.717, 1.165) is 5.56 Å². The molecule has 0 fully saturated rings. The van der Waals surface area contributed by atoms with E-state index >= 15 is 0 Å². The third-order valence-corrected chi connectivity index (χ3v) is 2.71. The van der Waals surface area contributed by atoms with Crippen molar-refractivity contribution < 1.29 is 4.79 Å². The molecule has 0 saturated carbocycles. The van der Waals surface area contributed by atoms with Crippen LogP contribution in [0.5, 0.6) is 0 Å². The highest BCUT2D eigenvalue weighted by atomic mass is 32.1. The molecule has 2 N–H and O–H groups in total. The van der Waals surface area contributed by atoms with Crippen molar-refractivity contribution in [3.05, 3.63) is 53.2 Å². The van der Waals surface area contributed by atoms with E-state index in [0.29, 0.717) is 10.7 Å². The zero-order valence-electron chi connectivity index (χ0n) is 8.46. The normalized spacial score (nSPS) is 10.8. The molecule has 3 nitrogen and oxygen atoms in total. The molecule has 0 spiro atoms. The standard InChI is InChI=1S/C12H10N2OS/c13-12-11(14-8-16-12)10(15)7-6-9-4-2-1-3-5-9/h1-8H,13H2. The van der Waals surface area contributed by atoms with Crippen molar-refractivity contribution in [3.8, 4) is 0 Å². The molecule has 0 saturated heterocycles. The summed E-state index contributed by atoms with van der Waals surface area (Å²) < 4.78 is 0. The van der Waals surface area contributed by atoms with Gasteiger partial charge in [0.15, 0.2) is 0 Å². The molecule has 0 unspecified atom stereocenters. The molecule has 0 aliphatic rings. The number of rotatable bonds is 3. The first-order valence-electron chi connectivity index (χ1n) is 4.74. The van der Waals surface area contributed by atoms with Gasteiger partial charge in [-0.25, -0.2) is 4.98 Å². The molecule has 1 aromatic heterocycles. The Morgan fingerprint density at radius 2 is 2.06 bits per heavy atom. The lowest BCUT2D eigenvalue weighted by atomic mass is 10.2. The number of nitrogens with two attached hydrogens (primary N) is 1. The van der Waals surface area contributed by atoms with Crippen LogP contribution in [0.25, 0.3) is 6.08 Å². The lowest BCUT2D eigenvalue weighted by Gasteiger charge is -1.92. The van der Waals surface area contributed by atoms with Crippen LogP contribution in [0.4, 0.5) is 5.00 Å². The highest BCUT2D eigenvalue weighted by molar-refractivity contribution is 7.14. The molecule has 1 heterocycles. The number of hydrogen-bond donors (Lipinski definition) is 1. The Balaban J connectivity index is 2.15. The van der Waals surface area contributed by atoms with Crippen LogP contribution in [0.15, 0.2) is 41.9 Å². The van der Waals surface area contributed by atoms with E-state index in [1.807, 2.05) is 30.3 Å². The predicted molar refractivity (Wildman–Crippen MR) is 66.3 cm³/mol. The van der Waals surface area contributed by atoms with Gasteiger partial charge < -0.3 is 5.73 Å². The molecule has 2 rings (SSSR count). The van der Waals surface area contributed by atoms with Crippen molar-refractivity contribution in [1.82, 2.24) is 4.98 Å². The van der Waals surface area contributed by atoms with Crippen LogP contribution in [0.3, 0.4) is 0 Å². The lowest BCUT2D eigenvalue weighted by molar-refractivity contribution is 0.104. The molecule has 0 radical (unpaired) electrons. The van der Waals surface area contributed by atoms with Crippen LogP contribution >= 0.6 is 11.3 Å². The molecule has 2 aromatic rings. The average molecular weight is 230 g/mol. The summed E-state index contributed by atoms with van der Waals surface area (Å²) in [5.74, 6) is -0.164. The van der Waals surface area contributed by atoms with Gasteiger partial charge in [0, 0.05) is 0 Å². The maximum atomic E-state index is 11.7. The minimum absolute atomic E-state index is 0.164. The van der Waals surface area contributed by atoms with Gasteiger partial charge in [0.2, 0.25) is 5.78 Å². The Hall–Kier alpha value is -1.94. The first-order chi connectivity index (χ1) is 7.77. The van der Waals surface area contributed by atoms with Gasteiger partial charge in [-0.15, -0.1) is 11.3 Å². The van der Waals surface area contributed by atoms with Crippen LogP contribution in [0, 0.1) is 0 Å². The number of anilines is 1. The molecule has 4 heteroatoms. The number of carbonyl (C=O) groups is 1. The largest absolute Gasteiger partial charge is 0.389 e. The lowest BCUT2D eigenvalue weighted by Crippen LogP contribution is -1.98. The van der Waals surface area contributed by atoms with Gasteiger partial charge in [-0.2, -0.15) is 0 Å². The highest BCUT2D eigenvalue weighted by Crippen LogP contribution is 2.16. The van der Waals surface area contributed by atoms with Gasteiger partial charge in [-0.1, -0.05) is 36.4 Å². The van der Waals surface area contributed by atoms with Crippen LogP contribution in [-0.4, -0.2) is 10.8 Å². The second-order valence-electron chi connectivity index (χ2n) is 3.17. The number of ketones is 1. The minimum Gasteiger partial charge on any atom is -0.389 e.